The number of halogens is 6. The monoisotopic (exact) mass is 1680 g/mol. The van der Waals surface area contributed by atoms with Gasteiger partial charge in [0.25, 0.3) is 17.7 Å². The number of morpholine rings is 1. The minimum Gasteiger partial charge on any atom is -0.456 e. The van der Waals surface area contributed by atoms with Crippen LogP contribution in [0.1, 0.15) is 122 Å². The lowest BCUT2D eigenvalue weighted by atomic mass is 9.82. The van der Waals surface area contributed by atoms with E-state index in [0.717, 1.165) is 151 Å². The lowest BCUT2D eigenvalue weighted by Gasteiger charge is -2.31. The van der Waals surface area contributed by atoms with Gasteiger partial charge in [-0.25, -0.2) is 10.2 Å². The maximum atomic E-state index is 13.3. The van der Waals surface area contributed by atoms with E-state index in [1.807, 2.05) is 96.2 Å². The Bertz CT molecular complexity index is 5700. The molecule has 6 aromatic heterocycles. The average Bonchev–Trinajstić information content (AvgIpc) is 1.56. The minimum absolute atomic E-state index is 0.0876. The third-order valence-electron chi connectivity index (χ3n) is 22.4. The van der Waals surface area contributed by atoms with Crippen LogP contribution < -0.4 is 0 Å². The molecule has 21 nitrogen and oxygen atoms in total. The second kappa shape index (κ2) is 38.5. The van der Waals surface area contributed by atoms with Crippen LogP contribution in [0.5, 0.6) is 0 Å². The number of aromatic nitrogens is 6. The smallest absolute Gasteiger partial charge is 0.303 e. The van der Waals surface area contributed by atoms with Gasteiger partial charge in [0.05, 0.1) is 78.9 Å². The van der Waals surface area contributed by atoms with Crippen LogP contribution in [0.3, 0.4) is 0 Å². The lowest BCUT2D eigenvalue weighted by Crippen LogP contribution is -2.42. The molecule has 16 rings (SSSR count). The normalized spacial score (nSPS) is 17.4. The molecule has 1 atom stereocenters. The first-order valence-electron chi connectivity index (χ1n) is 38.8. The number of rotatable bonds is 21. The van der Waals surface area contributed by atoms with Gasteiger partial charge in [-0.1, -0.05) is 144 Å². The zero-order valence-electron chi connectivity index (χ0n) is 64.6. The van der Waals surface area contributed by atoms with Crippen LogP contribution in [-0.2, 0) is 66.1 Å². The fourth-order valence-electron chi connectivity index (χ4n) is 16.4. The van der Waals surface area contributed by atoms with Crippen LogP contribution in [0.4, 0.5) is 0 Å². The van der Waals surface area contributed by atoms with E-state index in [2.05, 4.69) is 73.5 Å². The first-order chi connectivity index (χ1) is 56.1. The number of ether oxygens (including phenoxy) is 3. The Morgan fingerprint density at radius 3 is 1.40 bits per heavy atom. The van der Waals surface area contributed by atoms with E-state index in [4.69, 9.17) is 99.0 Å². The van der Waals surface area contributed by atoms with Crippen molar-refractivity contribution in [2.24, 2.45) is 23.7 Å². The molecule has 6 aromatic carbocycles. The molecule has 1 unspecified atom stereocenters. The SMILES string of the molecule is C#N.CC(=O)OCC(=O)N(Cc1cc2c3ccccc3n(Cc3cc(Cl)ccc3Cl)c2cn1)CC1CCC(C#N)CC1.CC(=O)OCC(=O)N(Cc1cc2c3ccccc3n(Cc3cc(Cl)ccc3Cl)c2cn1)CC1CCC(C)CC1.O=C1c2ncc3c(c2C(O)N1CCN1CCOCC1)c1ccccc1n3Cc1cc(Cl)ccc1Cl. The maximum absolute atomic E-state index is 13.3. The minimum atomic E-state index is -1.05. The Balaban J connectivity index is 0.000000150. The van der Waals surface area contributed by atoms with Crippen molar-refractivity contribution in [1.29, 1.82) is 10.5 Å². The number of esters is 2. The van der Waals surface area contributed by atoms with Crippen molar-refractivity contribution in [1.82, 2.24) is 48.3 Å². The summed E-state index contributed by atoms with van der Waals surface area (Å²) in [5.41, 5.74) is 11.0. The van der Waals surface area contributed by atoms with Crippen molar-refractivity contribution in [3.8, 4) is 12.6 Å². The fraction of sp³-hybridized carbons (Fsp3) is 0.348. The number of benzene rings is 6. The third-order valence-corrected chi connectivity index (χ3v) is 24.2. The van der Waals surface area contributed by atoms with Crippen LogP contribution in [0.2, 0.25) is 30.1 Å². The molecule has 27 heteroatoms. The number of carbonyl (C=O) groups is 5. The number of pyridine rings is 3. The number of carbonyl (C=O) groups excluding carboxylic acids is 5. The predicted molar refractivity (Wildman–Crippen MR) is 455 cm³/mol. The van der Waals surface area contributed by atoms with Crippen molar-refractivity contribution >= 4 is 165 Å². The first-order valence-corrected chi connectivity index (χ1v) is 41.1. The molecule has 2 aliphatic heterocycles. The van der Waals surface area contributed by atoms with Crippen LogP contribution >= 0.6 is 69.6 Å². The largest absolute Gasteiger partial charge is 0.456 e. The molecule has 8 heterocycles. The highest BCUT2D eigenvalue weighted by Gasteiger charge is 2.40. The molecule has 600 valence electrons. The molecule has 4 aliphatic rings. The Hall–Kier alpha value is -9.88. The Labute approximate surface area is 702 Å². The van der Waals surface area contributed by atoms with Crippen LogP contribution in [0.15, 0.2) is 158 Å². The highest BCUT2D eigenvalue weighted by molar-refractivity contribution is 6.35. The summed E-state index contributed by atoms with van der Waals surface area (Å²) in [4.78, 5) is 83.7. The summed E-state index contributed by atoms with van der Waals surface area (Å²) in [6.45, 7) is 15.4. The number of para-hydroxylation sites is 3. The van der Waals surface area contributed by atoms with Crippen molar-refractivity contribution in [3.05, 3.63) is 228 Å². The summed E-state index contributed by atoms with van der Waals surface area (Å²) in [6, 6.07) is 47.2. The second-order valence-corrected chi connectivity index (χ2v) is 32.6. The van der Waals surface area contributed by atoms with Gasteiger partial charge >= 0.3 is 11.9 Å². The highest BCUT2D eigenvalue weighted by Crippen LogP contribution is 2.43. The zero-order valence-corrected chi connectivity index (χ0v) is 69.1. The zero-order chi connectivity index (χ0) is 81.8. The molecule has 0 radical (unpaired) electrons. The molecule has 0 spiro atoms. The van der Waals surface area contributed by atoms with Crippen molar-refractivity contribution < 1.29 is 43.3 Å². The number of nitrogens with zero attached hydrogens (tertiary/aromatic N) is 12. The molecule has 116 heavy (non-hydrogen) atoms. The number of hydrogen-bond acceptors (Lipinski definition) is 15. The van der Waals surface area contributed by atoms with Gasteiger partial charge in [-0.2, -0.15) is 5.26 Å². The summed E-state index contributed by atoms with van der Waals surface area (Å²) in [7, 11) is 0. The summed E-state index contributed by atoms with van der Waals surface area (Å²) in [5.74, 6) is -0.0793. The standard InChI is InChI=1S/C31H30Cl2N4O3.C31H33Cl2N3O3.C26H24Cl2N4O3.CHN/c1-20(38)40-19-31(39)36(16-22-8-6-21(14-34)7-9-22)18-25-13-27-26-4-2-3-5-29(26)37(30(27)15-35-25)17-23-12-24(32)10-11-28(23)33;1-20-7-9-22(10-8-20)16-35(31(38)19-39-21(2)37)18-25-14-27-26-5-3-4-6-29(26)36(30(27)15-34-25)17-23-13-24(32)11-12-28(23)33;27-17-5-6-19(28)16(13-17)15-32-20-4-2-1-3-18(20)22-21(32)14-29-24-23(22)25(33)31(26(24)34)8-7-30-9-11-35-12-10-30;1-2/h2-5,10-13,15,21-22H,6-9,16-19H2,1H3;3-6,11-15,20,22H,7-10,16-19H2,1-2H3;1-6,13-14,25,33H,7-12,15H2;1H. The summed E-state index contributed by atoms with van der Waals surface area (Å²) < 4.78 is 22.0. The molecule has 1 saturated heterocycles. The number of amides is 3. The van der Waals surface area contributed by atoms with Gasteiger partial charge in [0.2, 0.25) is 0 Å². The molecular weight excluding hydrogens is 1590 g/mol. The van der Waals surface area contributed by atoms with Crippen molar-refractivity contribution in [2.45, 2.75) is 111 Å². The Kier molecular flexibility index (Phi) is 27.9. The van der Waals surface area contributed by atoms with E-state index in [9.17, 15) is 34.3 Å². The van der Waals surface area contributed by atoms with E-state index >= 15 is 0 Å². The molecule has 3 fully saturated rings. The molecule has 12 aromatic rings. The van der Waals surface area contributed by atoms with E-state index in [0.29, 0.717) is 125 Å². The molecule has 2 saturated carbocycles. The summed E-state index contributed by atoms with van der Waals surface area (Å²) in [6.07, 6.45) is 12.4. The van der Waals surface area contributed by atoms with Gasteiger partial charge in [0.1, 0.15) is 5.69 Å². The third kappa shape index (κ3) is 19.5. The van der Waals surface area contributed by atoms with E-state index in [-0.39, 0.29) is 36.9 Å². The number of hydrogen-bond donors (Lipinski definition) is 1. The number of aliphatic hydroxyl groups excluding tert-OH is 1. The molecule has 2 aliphatic carbocycles. The lowest BCUT2D eigenvalue weighted by molar-refractivity contribution is -0.151. The summed E-state index contributed by atoms with van der Waals surface area (Å²) >= 11 is 38.2. The van der Waals surface area contributed by atoms with Gasteiger partial charge in [-0.3, -0.25) is 38.8 Å². The molecule has 0 bridgehead atoms. The van der Waals surface area contributed by atoms with E-state index in [1.54, 1.807) is 41.4 Å². The number of fused-ring (bicyclic) bond motifs is 11. The van der Waals surface area contributed by atoms with Crippen molar-refractivity contribution in [3.63, 3.8) is 0 Å². The van der Waals surface area contributed by atoms with Gasteiger partial charge < -0.3 is 47.7 Å². The van der Waals surface area contributed by atoms with Crippen molar-refractivity contribution in [2.75, 3.05) is 65.7 Å². The molecular formula is C89H88Cl6N12O9. The quantitative estimate of drug-likeness (QED) is 0.0657. The second-order valence-electron chi connectivity index (χ2n) is 30.1. The van der Waals surface area contributed by atoms with E-state index in [1.165, 1.54) is 31.6 Å². The fourth-order valence-corrected chi connectivity index (χ4v) is 17.5. The molecule has 1 N–H and O–H groups in total. The highest BCUT2D eigenvalue weighted by atomic mass is 35.5. The Morgan fingerprint density at radius 2 is 0.948 bits per heavy atom. The van der Waals surface area contributed by atoms with E-state index < -0.39 is 18.2 Å². The maximum Gasteiger partial charge on any atom is 0.303 e. The van der Waals surface area contributed by atoms with Gasteiger partial charge in [0, 0.05) is 170 Å². The Morgan fingerprint density at radius 1 is 0.534 bits per heavy atom. The molecule has 3 amide bonds. The first kappa shape index (κ1) is 84.0. The van der Waals surface area contributed by atoms with Crippen LogP contribution in [0.25, 0.3) is 65.4 Å². The van der Waals surface area contributed by atoms with Gasteiger partial charge in [-0.15, -0.1) is 0 Å². The topological polar surface area (TPSA) is 247 Å². The van der Waals surface area contributed by atoms with Gasteiger partial charge in [-0.05, 0) is 158 Å². The average molecular weight is 1680 g/mol. The summed E-state index contributed by atoms with van der Waals surface area (Å²) in [5, 5.41) is 37.0. The number of nitriles is 2. The predicted octanol–water partition coefficient (Wildman–Crippen LogP) is 18.5. The van der Waals surface area contributed by atoms with Crippen LogP contribution in [0, 0.1) is 46.8 Å². The number of aliphatic hydroxyl groups is 1. The van der Waals surface area contributed by atoms with Gasteiger partial charge in [0.15, 0.2) is 19.4 Å². The van der Waals surface area contributed by atoms with Crippen LogP contribution in [-0.4, -0.2) is 149 Å².